The third-order valence-corrected chi connectivity index (χ3v) is 3.39. The van der Waals surface area contributed by atoms with Crippen LogP contribution in [0.1, 0.15) is 34.7 Å². The predicted octanol–water partition coefficient (Wildman–Crippen LogP) is 3.39. The van der Waals surface area contributed by atoms with Crippen molar-refractivity contribution in [3.63, 3.8) is 0 Å². The van der Waals surface area contributed by atoms with Gasteiger partial charge in [0.05, 0.1) is 6.54 Å². The minimum atomic E-state index is 0.0946. The first kappa shape index (κ1) is 12.0. The maximum Gasteiger partial charge on any atom is 0.254 e. The lowest BCUT2D eigenvalue weighted by Crippen LogP contribution is -2.32. The van der Waals surface area contributed by atoms with Crippen molar-refractivity contribution in [2.45, 2.75) is 32.4 Å². The van der Waals surface area contributed by atoms with Gasteiger partial charge >= 0.3 is 0 Å². The number of furan rings is 1. The molecule has 0 saturated heterocycles. The SMILES string of the molecule is Cc1ccc(CN(C(=O)c2ccccc2)C2CC2)o1. The van der Waals surface area contributed by atoms with E-state index in [0.717, 1.165) is 29.9 Å². The number of nitrogens with zero attached hydrogens (tertiary/aromatic N) is 1. The summed E-state index contributed by atoms with van der Waals surface area (Å²) in [5.41, 5.74) is 0.748. The lowest BCUT2D eigenvalue weighted by Gasteiger charge is -2.21. The van der Waals surface area contributed by atoms with Crippen LogP contribution in [0.5, 0.6) is 0 Å². The largest absolute Gasteiger partial charge is 0.464 e. The van der Waals surface area contributed by atoms with Gasteiger partial charge in [-0.1, -0.05) is 18.2 Å². The fourth-order valence-electron chi connectivity index (χ4n) is 2.24. The summed E-state index contributed by atoms with van der Waals surface area (Å²) in [6.07, 6.45) is 2.19. The molecule has 0 spiro atoms. The van der Waals surface area contributed by atoms with Crippen LogP contribution in [0.25, 0.3) is 0 Å². The zero-order chi connectivity index (χ0) is 13.2. The first-order valence-electron chi connectivity index (χ1n) is 6.65. The van der Waals surface area contributed by atoms with Crippen molar-refractivity contribution in [1.29, 1.82) is 0 Å². The fourth-order valence-corrected chi connectivity index (χ4v) is 2.24. The predicted molar refractivity (Wildman–Crippen MR) is 72.8 cm³/mol. The van der Waals surface area contributed by atoms with Gasteiger partial charge in [0.15, 0.2) is 0 Å². The van der Waals surface area contributed by atoms with E-state index in [1.807, 2.05) is 54.3 Å². The molecule has 1 aliphatic carbocycles. The van der Waals surface area contributed by atoms with Gasteiger partial charge in [-0.15, -0.1) is 0 Å². The van der Waals surface area contributed by atoms with Crippen LogP contribution < -0.4 is 0 Å². The summed E-state index contributed by atoms with van der Waals surface area (Å²) in [4.78, 5) is 14.4. The lowest BCUT2D eigenvalue weighted by atomic mass is 10.2. The summed E-state index contributed by atoms with van der Waals surface area (Å²) in [6.45, 7) is 2.48. The Bertz CT molecular complexity index is 569. The highest BCUT2D eigenvalue weighted by Gasteiger charge is 2.33. The van der Waals surface area contributed by atoms with Gasteiger partial charge in [-0.2, -0.15) is 0 Å². The van der Waals surface area contributed by atoms with E-state index in [1.165, 1.54) is 0 Å². The molecule has 2 aromatic rings. The molecule has 0 bridgehead atoms. The second kappa shape index (κ2) is 4.92. The highest BCUT2D eigenvalue weighted by Crippen LogP contribution is 2.30. The van der Waals surface area contributed by atoms with E-state index in [1.54, 1.807) is 0 Å². The van der Waals surface area contributed by atoms with Gasteiger partial charge in [-0.25, -0.2) is 0 Å². The van der Waals surface area contributed by atoms with Gasteiger partial charge in [0.25, 0.3) is 5.91 Å². The van der Waals surface area contributed by atoms with Gasteiger partial charge < -0.3 is 9.32 Å². The molecule has 3 nitrogen and oxygen atoms in total. The average Bonchev–Trinajstić information content (AvgIpc) is 3.20. The van der Waals surface area contributed by atoms with E-state index in [4.69, 9.17) is 4.42 Å². The number of aryl methyl sites for hydroxylation is 1. The smallest absolute Gasteiger partial charge is 0.254 e. The van der Waals surface area contributed by atoms with Crippen LogP contribution in [-0.4, -0.2) is 16.8 Å². The standard InChI is InChI=1S/C16H17NO2/c1-12-7-10-15(19-12)11-17(14-8-9-14)16(18)13-5-3-2-4-6-13/h2-7,10,14H,8-9,11H2,1H3. The molecule has 1 fully saturated rings. The highest BCUT2D eigenvalue weighted by molar-refractivity contribution is 5.94. The normalized spacial score (nSPS) is 14.4. The molecule has 1 heterocycles. The minimum Gasteiger partial charge on any atom is -0.464 e. The summed E-state index contributed by atoms with van der Waals surface area (Å²) < 4.78 is 5.58. The van der Waals surface area contributed by atoms with Gasteiger partial charge in [-0.05, 0) is 44.0 Å². The lowest BCUT2D eigenvalue weighted by molar-refractivity contribution is 0.0717. The monoisotopic (exact) mass is 255 g/mol. The highest BCUT2D eigenvalue weighted by atomic mass is 16.3. The van der Waals surface area contributed by atoms with Crippen LogP contribution in [-0.2, 0) is 6.54 Å². The molecule has 1 aromatic carbocycles. The molecule has 1 aromatic heterocycles. The molecule has 0 unspecified atom stereocenters. The number of amides is 1. The molecule has 3 rings (SSSR count). The number of carbonyl (C=O) groups excluding carboxylic acids is 1. The molecule has 98 valence electrons. The molecule has 0 aliphatic heterocycles. The number of hydrogen-bond donors (Lipinski definition) is 0. The van der Waals surface area contributed by atoms with Crippen LogP contribution in [0.3, 0.4) is 0 Å². The van der Waals surface area contributed by atoms with E-state index < -0.39 is 0 Å². The molecule has 19 heavy (non-hydrogen) atoms. The number of hydrogen-bond acceptors (Lipinski definition) is 2. The Morgan fingerprint density at radius 2 is 1.95 bits per heavy atom. The number of benzene rings is 1. The second-order valence-corrected chi connectivity index (χ2v) is 5.04. The minimum absolute atomic E-state index is 0.0946. The molecule has 0 atom stereocenters. The topological polar surface area (TPSA) is 33.5 Å². The van der Waals surface area contributed by atoms with E-state index in [0.29, 0.717) is 12.6 Å². The Morgan fingerprint density at radius 3 is 2.53 bits per heavy atom. The van der Waals surface area contributed by atoms with Crippen LogP contribution in [0, 0.1) is 6.92 Å². The Kier molecular flexibility index (Phi) is 3.11. The number of carbonyl (C=O) groups is 1. The summed E-state index contributed by atoms with van der Waals surface area (Å²) in [5, 5.41) is 0. The first-order chi connectivity index (χ1) is 9.24. The van der Waals surface area contributed by atoms with Gasteiger partial charge in [0.2, 0.25) is 0 Å². The van der Waals surface area contributed by atoms with Crippen LogP contribution in [0.4, 0.5) is 0 Å². The van der Waals surface area contributed by atoms with Crippen molar-refractivity contribution in [3.05, 3.63) is 59.5 Å². The molecular weight excluding hydrogens is 238 g/mol. The third kappa shape index (κ3) is 2.70. The summed E-state index contributed by atoms with van der Waals surface area (Å²) >= 11 is 0. The van der Waals surface area contributed by atoms with E-state index in [2.05, 4.69) is 0 Å². The van der Waals surface area contributed by atoms with E-state index >= 15 is 0 Å². The molecule has 0 radical (unpaired) electrons. The van der Waals surface area contributed by atoms with Crippen molar-refractivity contribution < 1.29 is 9.21 Å². The van der Waals surface area contributed by atoms with E-state index in [9.17, 15) is 4.79 Å². The molecule has 1 aliphatic rings. The first-order valence-corrected chi connectivity index (χ1v) is 6.65. The molecule has 1 saturated carbocycles. The van der Waals surface area contributed by atoms with E-state index in [-0.39, 0.29) is 5.91 Å². The summed E-state index contributed by atoms with van der Waals surface area (Å²) in [6, 6.07) is 13.7. The summed E-state index contributed by atoms with van der Waals surface area (Å²) in [7, 11) is 0. The van der Waals surface area contributed by atoms with Crippen molar-refractivity contribution in [2.24, 2.45) is 0 Å². The fraction of sp³-hybridized carbons (Fsp3) is 0.312. The molecule has 3 heteroatoms. The van der Waals surface area contributed by atoms with Crippen molar-refractivity contribution in [1.82, 2.24) is 4.90 Å². The second-order valence-electron chi connectivity index (χ2n) is 5.04. The quantitative estimate of drug-likeness (QED) is 0.839. The van der Waals surface area contributed by atoms with Crippen molar-refractivity contribution >= 4 is 5.91 Å². The zero-order valence-electron chi connectivity index (χ0n) is 11.0. The van der Waals surface area contributed by atoms with Gasteiger partial charge in [-0.3, -0.25) is 4.79 Å². The maximum atomic E-state index is 12.5. The summed E-state index contributed by atoms with van der Waals surface area (Å²) in [5.74, 6) is 1.84. The number of rotatable bonds is 4. The Balaban J connectivity index is 1.79. The van der Waals surface area contributed by atoms with Crippen LogP contribution >= 0.6 is 0 Å². The Labute approximate surface area is 112 Å². The zero-order valence-corrected chi connectivity index (χ0v) is 11.0. The average molecular weight is 255 g/mol. The molecule has 1 amide bonds. The van der Waals surface area contributed by atoms with Crippen LogP contribution in [0.15, 0.2) is 46.9 Å². The Hall–Kier alpha value is -2.03. The molecular formula is C16H17NO2. The maximum absolute atomic E-state index is 12.5. The third-order valence-electron chi connectivity index (χ3n) is 3.39. The van der Waals surface area contributed by atoms with Crippen molar-refractivity contribution in [3.8, 4) is 0 Å². The van der Waals surface area contributed by atoms with Crippen molar-refractivity contribution in [2.75, 3.05) is 0 Å². The Morgan fingerprint density at radius 1 is 1.21 bits per heavy atom. The molecule has 0 N–H and O–H groups in total. The van der Waals surface area contributed by atoms with Gasteiger partial charge in [0.1, 0.15) is 11.5 Å². The van der Waals surface area contributed by atoms with Gasteiger partial charge in [0, 0.05) is 11.6 Å². The van der Waals surface area contributed by atoms with Crippen LogP contribution in [0.2, 0.25) is 0 Å².